The van der Waals surface area contributed by atoms with Crippen LogP contribution in [-0.2, 0) is 0 Å². The maximum absolute atomic E-state index is 10.2. The summed E-state index contributed by atoms with van der Waals surface area (Å²) < 4.78 is 0. The SMILES string of the molecule is CCCC(C[N+](=O)[O-])[C](C)C. The maximum atomic E-state index is 10.2. The minimum absolute atomic E-state index is 0.0934. The molecule has 1 radical (unpaired) electrons. The average Bonchev–Trinajstić information content (AvgIpc) is 1.86. The van der Waals surface area contributed by atoms with Gasteiger partial charge in [-0.15, -0.1) is 0 Å². The number of nitro groups is 1. The van der Waals surface area contributed by atoms with Crippen molar-refractivity contribution in [3.05, 3.63) is 16.0 Å². The van der Waals surface area contributed by atoms with E-state index in [-0.39, 0.29) is 17.4 Å². The third-order valence-electron chi connectivity index (χ3n) is 1.82. The zero-order chi connectivity index (χ0) is 8.85. The summed E-state index contributed by atoms with van der Waals surface area (Å²) in [6, 6.07) is 0. The van der Waals surface area contributed by atoms with Crippen molar-refractivity contribution in [1.29, 1.82) is 0 Å². The molecule has 0 aromatic carbocycles. The van der Waals surface area contributed by atoms with Crippen LogP contribution in [-0.4, -0.2) is 11.5 Å². The minimum Gasteiger partial charge on any atom is -0.265 e. The van der Waals surface area contributed by atoms with Crippen molar-refractivity contribution < 1.29 is 4.92 Å². The highest BCUT2D eigenvalue weighted by molar-refractivity contribution is 4.86. The highest BCUT2D eigenvalue weighted by atomic mass is 16.6. The van der Waals surface area contributed by atoms with Gasteiger partial charge in [-0.05, 0) is 12.3 Å². The van der Waals surface area contributed by atoms with Gasteiger partial charge in [-0.3, -0.25) is 10.1 Å². The molecule has 0 amide bonds. The normalized spacial score (nSPS) is 13.5. The summed E-state index contributed by atoms with van der Waals surface area (Å²) in [6.45, 7) is 6.07. The highest BCUT2D eigenvalue weighted by Crippen LogP contribution is 2.18. The summed E-state index contributed by atoms with van der Waals surface area (Å²) in [6.07, 6.45) is 1.95. The molecule has 0 aliphatic carbocycles. The smallest absolute Gasteiger partial charge is 0.207 e. The Balaban J connectivity index is 3.79. The lowest BCUT2D eigenvalue weighted by Gasteiger charge is -2.14. The van der Waals surface area contributed by atoms with Crippen LogP contribution < -0.4 is 0 Å². The van der Waals surface area contributed by atoms with Crippen LogP contribution in [0.2, 0.25) is 0 Å². The summed E-state index contributed by atoms with van der Waals surface area (Å²) in [5, 5.41) is 10.2. The number of nitrogens with zero attached hydrogens (tertiary/aromatic N) is 1. The Morgan fingerprint density at radius 2 is 2.09 bits per heavy atom. The van der Waals surface area contributed by atoms with Gasteiger partial charge in [0.05, 0.1) is 0 Å². The molecular weight excluding hydrogens is 142 g/mol. The molecular formula is C8H16NO2. The molecule has 0 aliphatic rings. The van der Waals surface area contributed by atoms with E-state index in [0.29, 0.717) is 0 Å². The third-order valence-corrected chi connectivity index (χ3v) is 1.82. The van der Waals surface area contributed by atoms with Crippen LogP contribution in [0.1, 0.15) is 33.6 Å². The van der Waals surface area contributed by atoms with E-state index in [9.17, 15) is 10.1 Å². The number of rotatable bonds is 5. The molecule has 0 aromatic heterocycles. The van der Waals surface area contributed by atoms with Crippen molar-refractivity contribution in [1.82, 2.24) is 0 Å². The van der Waals surface area contributed by atoms with Crippen LogP contribution in [0.25, 0.3) is 0 Å². The first-order valence-electron chi connectivity index (χ1n) is 3.99. The Morgan fingerprint density at radius 1 is 1.55 bits per heavy atom. The summed E-state index contributed by atoms with van der Waals surface area (Å²) in [4.78, 5) is 9.95. The van der Waals surface area contributed by atoms with Gasteiger partial charge in [0.15, 0.2) is 0 Å². The van der Waals surface area contributed by atoms with E-state index in [1.165, 1.54) is 5.92 Å². The summed E-state index contributed by atoms with van der Waals surface area (Å²) >= 11 is 0. The Bertz CT molecular complexity index is 123. The molecule has 1 atom stereocenters. The molecule has 0 aromatic rings. The Morgan fingerprint density at radius 3 is 2.36 bits per heavy atom. The van der Waals surface area contributed by atoms with Gasteiger partial charge in [-0.2, -0.15) is 0 Å². The fourth-order valence-corrected chi connectivity index (χ4v) is 1.09. The minimum atomic E-state index is -0.229. The molecule has 0 fully saturated rings. The van der Waals surface area contributed by atoms with Crippen LogP contribution >= 0.6 is 0 Å². The first kappa shape index (κ1) is 10.4. The van der Waals surface area contributed by atoms with E-state index in [1.54, 1.807) is 0 Å². The van der Waals surface area contributed by atoms with Gasteiger partial charge in [0, 0.05) is 10.8 Å². The Hall–Kier alpha value is -0.600. The van der Waals surface area contributed by atoms with E-state index >= 15 is 0 Å². The molecule has 0 spiro atoms. The van der Waals surface area contributed by atoms with Gasteiger partial charge in [0.2, 0.25) is 6.54 Å². The molecule has 0 rings (SSSR count). The van der Waals surface area contributed by atoms with Gasteiger partial charge in [-0.25, -0.2) is 0 Å². The largest absolute Gasteiger partial charge is 0.265 e. The van der Waals surface area contributed by atoms with Crippen LogP contribution in [0.15, 0.2) is 0 Å². The summed E-state index contributed by atoms with van der Waals surface area (Å²) in [5.74, 6) is 1.35. The van der Waals surface area contributed by atoms with Crippen LogP contribution in [0, 0.1) is 22.0 Å². The molecule has 0 N–H and O–H groups in total. The van der Waals surface area contributed by atoms with Crippen molar-refractivity contribution in [2.24, 2.45) is 5.92 Å². The molecule has 0 aliphatic heterocycles. The molecule has 3 nitrogen and oxygen atoms in total. The average molecular weight is 158 g/mol. The predicted octanol–water partition coefficient (Wildman–Crippen LogP) is 2.29. The highest BCUT2D eigenvalue weighted by Gasteiger charge is 2.18. The van der Waals surface area contributed by atoms with Gasteiger partial charge < -0.3 is 0 Å². The first-order chi connectivity index (χ1) is 5.07. The number of hydrogen-bond donors (Lipinski definition) is 0. The topological polar surface area (TPSA) is 43.1 Å². The lowest BCUT2D eigenvalue weighted by molar-refractivity contribution is -0.487. The van der Waals surface area contributed by atoms with Crippen molar-refractivity contribution in [2.45, 2.75) is 33.6 Å². The predicted molar refractivity (Wildman–Crippen MR) is 44.9 cm³/mol. The fraction of sp³-hybridized carbons (Fsp3) is 0.875. The monoisotopic (exact) mass is 158 g/mol. The summed E-state index contributed by atoms with van der Waals surface area (Å²) in [5.41, 5.74) is 0. The molecule has 0 heterocycles. The van der Waals surface area contributed by atoms with Crippen molar-refractivity contribution in [3.63, 3.8) is 0 Å². The molecule has 3 heteroatoms. The molecule has 11 heavy (non-hydrogen) atoms. The van der Waals surface area contributed by atoms with E-state index < -0.39 is 0 Å². The second-order valence-corrected chi connectivity index (χ2v) is 3.08. The lowest BCUT2D eigenvalue weighted by atomic mass is 9.92. The fourth-order valence-electron chi connectivity index (χ4n) is 1.09. The molecule has 0 saturated carbocycles. The van der Waals surface area contributed by atoms with E-state index in [2.05, 4.69) is 6.92 Å². The summed E-state index contributed by atoms with van der Waals surface area (Å²) in [7, 11) is 0. The van der Waals surface area contributed by atoms with Crippen LogP contribution in [0.4, 0.5) is 0 Å². The van der Waals surface area contributed by atoms with Gasteiger partial charge >= 0.3 is 0 Å². The van der Waals surface area contributed by atoms with Crippen molar-refractivity contribution >= 4 is 0 Å². The molecule has 1 unspecified atom stereocenters. The Labute approximate surface area is 67.9 Å². The van der Waals surface area contributed by atoms with Crippen LogP contribution in [0.5, 0.6) is 0 Å². The van der Waals surface area contributed by atoms with Crippen molar-refractivity contribution in [3.8, 4) is 0 Å². The second-order valence-electron chi connectivity index (χ2n) is 3.08. The Kier molecular flexibility index (Phi) is 4.83. The van der Waals surface area contributed by atoms with Gasteiger partial charge in [0.1, 0.15) is 0 Å². The second kappa shape index (κ2) is 5.10. The molecule has 65 valence electrons. The van der Waals surface area contributed by atoms with Crippen LogP contribution in [0.3, 0.4) is 0 Å². The first-order valence-corrected chi connectivity index (χ1v) is 3.99. The lowest BCUT2D eigenvalue weighted by Crippen LogP contribution is -2.18. The standard InChI is InChI=1S/C8H16NO2/c1-4-5-8(7(2)3)6-9(10)11/h8H,4-6H2,1-3H3. The third kappa shape index (κ3) is 4.76. The molecule has 0 bridgehead atoms. The maximum Gasteiger partial charge on any atom is 0.207 e. The van der Waals surface area contributed by atoms with Gasteiger partial charge in [0.25, 0.3) is 0 Å². The van der Waals surface area contributed by atoms with Gasteiger partial charge in [-0.1, -0.05) is 27.2 Å². The van der Waals surface area contributed by atoms with E-state index in [0.717, 1.165) is 12.8 Å². The zero-order valence-corrected chi connectivity index (χ0v) is 7.46. The van der Waals surface area contributed by atoms with E-state index in [4.69, 9.17) is 0 Å². The number of hydrogen-bond acceptors (Lipinski definition) is 2. The van der Waals surface area contributed by atoms with E-state index in [1.807, 2.05) is 13.8 Å². The quantitative estimate of drug-likeness (QED) is 0.455. The molecule has 0 saturated heterocycles. The van der Waals surface area contributed by atoms with Crippen molar-refractivity contribution in [2.75, 3.05) is 6.54 Å². The zero-order valence-electron chi connectivity index (χ0n) is 7.46.